The average molecular weight is 389 g/mol. The number of aromatic nitrogens is 1. The van der Waals surface area contributed by atoms with Crippen LogP contribution in [0.2, 0.25) is 0 Å². The van der Waals surface area contributed by atoms with Crippen molar-refractivity contribution in [2.75, 3.05) is 12.8 Å². The van der Waals surface area contributed by atoms with E-state index in [-0.39, 0.29) is 5.91 Å². The van der Waals surface area contributed by atoms with Crippen molar-refractivity contribution < 1.29 is 9.53 Å². The number of hydrogen-bond donors (Lipinski definition) is 2. The zero-order chi connectivity index (χ0) is 19.5. The lowest BCUT2D eigenvalue weighted by atomic mass is 10.0. The Hall–Kier alpha value is -3.38. The third-order valence-electron chi connectivity index (χ3n) is 4.47. The molecule has 4 aromatic rings. The lowest BCUT2D eigenvalue weighted by Gasteiger charge is -2.08. The molecular formula is C22H19N3O2S. The van der Waals surface area contributed by atoms with Gasteiger partial charge in [0.1, 0.15) is 5.75 Å². The lowest BCUT2D eigenvalue weighted by Crippen LogP contribution is -2.22. The molecule has 0 aliphatic rings. The third kappa shape index (κ3) is 3.82. The number of methoxy groups -OCH3 is 1. The second kappa shape index (κ2) is 7.70. The Labute approximate surface area is 166 Å². The molecule has 5 nitrogen and oxygen atoms in total. The maximum absolute atomic E-state index is 12.6. The molecule has 140 valence electrons. The van der Waals surface area contributed by atoms with Crippen molar-refractivity contribution in [3.8, 4) is 16.9 Å². The molecule has 0 fully saturated rings. The summed E-state index contributed by atoms with van der Waals surface area (Å²) in [6.45, 7) is 0.455. The Balaban J connectivity index is 1.50. The van der Waals surface area contributed by atoms with Gasteiger partial charge in [0.25, 0.3) is 5.91 Å². The highest BCUT2D eigenvalue weighted by molar-refractivity contribution is 7.22. The number of anilines is 1. The van der Waals surface area contributed by atoms with E-state index in [0.29, 0.717) is 17.2 Å². The van der Waals surface area contributed by atoms with Crippen molar-refractivity contribution in [1.29, 1.82) is 0 Å². The Kier molecular flexibility index (Phi) is 4.95. The average Bonchev–Trinajstić information content (AvgIpc) is 3.11. The predicted octanol–water partition coefficient (Wildman–Crippen LogP) is 4.48. The summed E-state index contributed by atoms with van der Waals surface area (Å²) in [6, 6.07) is 21.2. The Morgan fingerprint density at radius 1 is 1.07 bits per heavy atom. The Morgan fingerprint density at radius 3 is 2.64 bits per heavy atom. The summed E-state index contributed by atoms with van der Waals surface area (Å²) in [7, 11) is 1.63. The SMILES string of the molecule is COc1ccc(CNC(=O)c2cccc(-c3ccc4sc(N)nc4c3)c2)cc1. The molecule has 1 aromatic heterocycles. The molecular weight excluding hydrogens is 370 g/mol. The summed E-state index contributed by atoms with van der Waals surface area (Å²) in [5.41, 5.74) is 10.2. The van der Waals surface area contributed by atoms with Crippen LogP contribution in [0.25, 0.3) is 21.3 Å². The van der Waals surface area contributed by atoms with Crippen LogP contribution in [0, 0.1) is 0 Å². The van der Waals surface area contributed by atoms with Crippen molar-refractivity contribution in [3.05, 3.63) is 77.9 Å². The monoisotopic (exact) mass is 389 g/mol. The van der Waals surface area contributed by atoms with Crippen molar-refractivity contribution in [1.82, 2.24) is 10.3 Å². The molecule has 0 spiro atoms. The zero-order valence-electron chi connectivity index (χ0n) is 15.3. The molecule has 1 heterocycles. The molecule has 0 atom stereocenters. The molecule has 1 amide bonds. The van der Waals surface area contributed by atoms with E-state index in [2.05, 4.69) is 10.3 Å². The highest BCUT2D eigenvalue weighted by Gasteiger charge is 2.09. The number of rotatable bonds is 5. The molecule has 0 radical (unpaired) electrons. The number of carbonyl (C=O) groups is 1. The van der Waals surface area contributed by atoms with Crippen molar-refractivity contribution in [2.45, 2.75) is 6.54 Å². The summed E-state index contributed by atoms with van der Waals surface area (Å²) < 4.78 is 6.20. The van der Waals surface area contributed by atoms with Gasteiger partial charge in [-0.1, -0.05) is 41.7 Å². The summed E-state index contributed by atoms with van der Waals surface area (Å²) in [4.78, 5) is 16.9. The van der Waals surface area contributed by atoms with E-state index in [1.165, 1.54) is 11.3 Å². The van der Waals surface area contributed by atoms with E-state index < -0.39 is 0 Å². The first-order chi connectivity index (χ1) is 13.6. The van der Waals surface area contributed by atoms with Gasteiger partial charge in [-0.3, -0.25) is 4.79 Å². The van der Waals surface area contributed by atoms with Gasteiger partial charge in [0, 0.05) is 12.1 Å². The maximum atomic E-state index is 12.6. The zero-order valence-corrected chi connectivity index (χ0v) is 16.1. The van der Waals surface area contributed by atoms with Crippen LogP contribution < -0.4 is 15.8 Å². The second-order valence-electron chi connectivity index (χ2n) is 6.35. The molecule has 3 aromatic carbocycles. The fraction of sp³-hybridized carbons (Fsp3) is 0.0909. The molecule has 4 rings (SSSR count). The molecule has 0 bridgehead atoms. The van der Waals surface area contributed by atoms with Gasteiger partial charge in [0.2, 0.25) is 0 Å². The first-order valence-electron chi connectivity index (χ1n) is 8.80. The molecule has 0 saturated heterocycles. The van der Waals surface area contributed by atoms with Crippen LogP contribution >= 0.6 is 11.3 Å². The highest BCUT2D eigenvalue weighted by Crippen LogP contribution is 2.29. The number of ether oxygens (including phenoxy) is 1. The Bertz CT molecular complexity index is 1140. The minimum atomic E-state index is -0.114. The fourth-order valence-corrected chi connectivity index (χ4v) is 3.71. The van der Waals surface area contributed by atoms with Crippen LogP contribution in [0.1, 0.15) is 15.9 Å². The smallest absolute Gasteiger partial charge is 0.251 e. The molecule has 0 aliphatic carbocycles. The number of hydrogen-bond acceptors (Lipinski definition) is 5. The first kappa shape index (κ1) is 18.0. The second-order valence-corrected chi connectivity index (χ2v) is 7.41. The first-order valence-corrected chi connectivity index (χ1v) is 9.62. The van der Waals surface area contributed by atoms with Crippen LogP contribution in [0.15, 0.2) is 66.7 Å². The van der Waals surface area contributed by atoms with E-state index in [0.717, 1.165) is 32.7 Å². The third-order valence-corrected chi connectivity index (χ3v) is 5.34. The van der Waals surface area contributed by atoms with E-state index >= 15 is 0 Å². The summed E-state index contributed by atoms with van der Waals surface area (Å²) in [5.74, 6) is 0.679. The number of benzene rings is 3. The van der Waals surface area contributed by atoms with Crippen LogP contribution in [-0.2, 0) is 6.54 Å². The molecule has 0 saturated carbocycles. The van der Waals surface area contributed by atoms with Crippen molar-refractivity contribution >= 4 is 32.6 Å². The van der Waals surface area contributed by atoms with Crippen LogP contribution in [0.3, 0.4) is 0 Å². The van der Waals surface area contributed by atoms with Crippen LogP contribution in [-0.4, -0.2) is 18.0 Å². The number of nitrogens with zero attached hydrogens (tertiary/aromatic N) is 1. The molecule has 6 heteroatoms. The summed E-state index contributed by atoms with van der Waals surface area (Å²) in [5, 5.41) is 3.51. The van der Waals surface area contributed by atoms with E-state index in [9.17, 15) is 4.79 Å². The van der Waals surface area contributed by atoms with Gasteiger partial charge in [-0.15, -0.1) is 0 Å². The van der Waals surface area contributed by atoms with Gasteiger partial charge in [-0.2, -0.15) is 0 Å². The van der Waals surface area contributed by atoms with E-state index in [1.54, 1.807) is 7.11 Å². The quantitative estimate of drug-likeness (QED) is 0.527. The minimum Gasteiger partial charge on any atom is -0.497 e. The number of carbonyl (C=O) groups excluding carboxylic acids is 1. The molecule has 28 heavy (non-hydrogen) atoms. The number of nitrogen functional groups attached to an aromatic ring is 1. The highest BCUT2D eigenvalue weighted by atomic mass is 32.1. The van der Waals surface area contributed by atoms with Gasteiger partial charge in [0.15, 0.2) is 5.13 Å². The summed E-state index contributed by atoms with van der Waals surface area (Å²) >= 11 is 1.47. The number of nitrogens with one attached hydrogen (secondary N) is 1. The van der Waals surface area contributed by atoms with Gasteiger partial charge < -0.3 is 15.8 Å². The van der Waals surface area contributed by atoms with E-state index in [1.807, 2.05) is 66.7 Å². The standard InChI is InChI=1S/C22H19N3O2S/c1-27-18-8-5-14(6-9-18)13-24-21(26)17-4-2-3-15(11-17)16-7-10-20-19(12-16)25-22(23)28-20/h2-12H,13H2,1H3,(H2,23,25)(H,24,26). The van der Waals surface area contributed by atoms with Crippen LogP contribution in [0.4, 0.5) is 5.13 Å². The minimum absolute atomic E-state index is 0.114. The van der Waals surface area contributed by atoms with Gasteiger partial charge in [-0.25, -0.2) is 4.98 Å². The Morgan fingerprint density at radius 2 is 1.86 bits per heavy atom. The maximum Gasteiger partial charge on any atom is 0.251 e. The summed E-state index contributed by atoms with van der Waals surface area (Å²) in [6.07, 6.45) is 0. The van der Waals surface area contributed by atoms with E-state index in [4.69, 9.17) is 10.5 Å². The normalized spacial score (nSPS) is 10.8. The number of nitrogens with two attached hydrogens (primary N) is 1. The van der Waals surface area contributed by atoms with Gasteiger partial charge >= 0.3 is 0 Å². The molecule has 3 N–H and O–H groups in total. The van der Waals surface area contributed by atoms with Crippen molar-refractivity contribution in [3.63, 3.8) is 0 Å². The largest absolute Gasteiger partial charge is 0.497 e. The number of thiazole rings is 1. The van der Waals surface area contributed by atoms with Gasteiger partial charge in [0.05, 0.1) is 17.3 Å². The molecule has 0 unspecified atom stereocenters. The topological polar surface area (TPSA) is 77.2 Å². The van der Waals surface area contributed by atoms with Crippen LogP contribution in [0.5, 0.6) is 5.75 Å². The predicted molar refractivity (Wildman–Crippen MR) is 114 cm³/mol. The van der Waals surface area contributed by atoms with Gasteiger partial charge in [-0.05, 0) is 53.1 Å². The number of fused-ring (bicyclic) bond motifs is 1. The fourth-order valence-electron chi connectivity index (χ4n) is 2.99. The molecule has 0 aliphatic heterocycles. The lowest BCUT2D eigenvalue weighted by molar-refractivity contribution is 0.0951. The number of amides is 1. The van der Waals surface area contributed by atoms with Crippen molar-refractivity contribution in [2.24, 2.45) is 0 Å².